The molecular formula is C12H11ClO2S. The van der Waals surface area contributed by atoms with E-state index >= 15 is 0 Å². The van der Waals surface area contributed by atoms with Crippen molar-refractivity contribution in [1.82, 2.24) is 0 Å². The Bertz CT molecular complexity index is 493. The second kappa shape index (κ2) is 5.32. The summed E-state index contributed by atoms with van der Waals surface area (Å²) in [6, 6.07) is 7.70. The molecule has 4 heteroatoms. The molecule has 1 aromatic carbocycles. The number of hydrogen-bond acceptors (Lipinski definition) is 3. The van der Waals surface area contributed by atoms with E-state index in [1.54, 1.807) is 0 Å². The Morgan fingerprint density at radius 2 is 2.31 bits per heavy atom. The van der Waals surface area contributed by atoms with Gasteiger partial charge in [-0.25, -0.2) is 0 Å². The van der Waals surface area contributed by atoms with Crippen molar-refractivity contribution in [1.29, 1.82) is 0 Å². The van der Waals surface area contributed by atoms with E-state index in [2.05, 4.69) is 0 Å². The highest BCUT2D eigenvalue weighted by atomic mass is 35.5. The number of benzene rings is 1. The van der Waals surface area contributed by atoms with Gasteiger partial charge in [-0.15, -0.1) is 22.9 Å². The van der Waals surface area contributed by atoms with E-state index in [0.29, 0.717) is 12.5 Å². The number of alkyl halides is 1. The number of carbonyl (C=O) groups excluding carboxylic acids is 1. The predicted octanol–water partition coefficient (Wildman–Crippen LogP) is 3.72. The van der Waals surface area contributed by atoms with Gasteiger partial charge in [-0.05, 0) is 23.9 Å². The lowest BCUT2D eigenvalue weighted by atomic mass is 10.2. The first kappa shape index (κ1) is 11.4. The molecule has 84 valence electrons. The maximum atomic E-state index is 10.7. The van der Waals surface area contributed by atoms with E-state index in [1.165, 1.54) is 11.3 Å². The Hall–Kier alpha value is -1.06. The van der Waals surface area contributed by atoms with E-state index in [0.717, 1.165) is 33.4 Å². The molecule has 0 spiro atoms. The fraction of sp³-hybridized carbons (Fsp3) is 0.250. The van der Waals surface area contributed by atoms with Crippen LogP contribution in [0.2, 0.25) is 0 Å². The Morgan fingerprint density at radius 3 is 3.06 bits per heavy atom. The molecule has 0 unspecified atom stereocenters. The van der Waals surface area contributed by atoms with Crippen LogP contribution in [-0.4, -0.2) is 18.8 Å². The van der Waals surface area contributed by atoms with Crippen molar-refractivity contribution in [2.24, 2.45) is 0 Å². The van der Waals surface area contributed by atoms with Gasteiger partial charge < -0.3 is 4.74 Å². The number of carbonyl (C=O) groups is 1. The zero-order chi connectivity index (χ0) is 11.4. The Balaban J connectivity index is 2.29. The SMILES string of the molecule is O=Cc1cc2cccc(OCCCCl)c2s1. The molecule has 0 fully saturated rings. The van der Waals surface area contributed by atoms with Crippen LogP contribution in [0.5, 0.6) is 5.75 Å². The van der Waals surface area contributed by atoms with Crippen LogP contribution in [0.15, 0.2) is 24.3 Å². The highest BCUT2D eigenvalue weighted by molar-refractivity contribution is 7.20. The van der Waals surface area contributed by atoms with Gasteiger partial charge in [0, 0.05) is 5.88 Å². The van der Waals surface area contributed by atoms with Gasteiger partial charge in [0.15, 0.2) is 6.29 Å². The minimum atomic E-state index is 0.597. The van der Waals surface area contributed by atoms with Gasteiger partial charge >= 0.3 is 0 Å². The van der Waals surface area contributed by atoms with Gasteiger partial charge in [0.2, 0.25) is 0 Å². The molecule has 0 saturated carbocycles. The van der Waals surface area contributed by atoms with Gasteiger partial charge in [0.1, 0.15) is 5.75 Å². The highest BCUT2D eigenvalue weighted by Crippen LogP contribution is 2.32. The van der Waals surface area contributed by atoms with Crippen LogP contribution >= 0.6 is 22.9 Å². The second-order valence-electron chi connectivity index (χ2n) is 3.33. The Kier molecular flexibility index (Phi) is 3.80. The van der Waals surface area contributed by atoms with Gasteiger partial charge in [-0.1, -0.05) is 12.1 Å². The lowest BCUT2D eigenvalue weighted by Gasteiger charge is -2.05. The number of hydrogen-bond donors (Lipinski definition) is 0. The summed E-state index contributed by atoms with van der Waals surface area (Å²) in [5.41, 5.74) is 0. The minimum absolute atomic E-state index is 0.597. The van der Waals surface area contributed by atoms with E-state index < -0.39 is 0 Å². The van der Waals surface area contributed by atoms with Crippen molar-refractivity contribution in [3.63, 3.8) is 0 Å². The molecule has 0 aliphatic carbocycles. The second-order valence-corrected chi connectivity index (χ2v) is 4.79. The van der Waals surface area contributed by atoms with Gasteiger partial charge in [-0.3, -0.25) is 4.79 Å². The number of halogens is 1. The van der Waals surface area contributed by atoms with Crippen LogP contribution in [0.25, 0.3) is 10.1 Å². The van der Waals surface area contributed by atoms with Crippen molar-refractivity contribution < 1.29 is 9.53 Å². The lowest BCUT2D eigenvalue weighted by Crippen LogP contribution is -1.97. The van der Waals surface area contributed by atoms with Gasteiger partial charge in [-0.2, -0.15) is 0 Å². The molecule has 1 heterocycles. The summed E-state index contributed by atoms with van der Waals surface area (Å²) in [5, 5.41) is 1.05. The fourth-order valence-corrected chi connectivity index (χ4v) is 2.52. The Labute approximate surface area is 103 Å². The topological polar surface area (TPSA) is 26.3 Å². The van der Waals surface area contributed by atoms with Crippen LogP contribution in [-0.2, 0) is 0 Å². The number of aldehydes is 1. The first-order valence-electron chi connectivity index (χ1n) is 5.01. The molecule has 0 radical (unpaired) electrons. The summed E-state index contributed by atoms with van der Waals surface area (Å²) in [5.74, 6) is 1.43. The average Bonchev–Trinajstić information content (AvgIpc) is 2.73. The number of rotatable bonds is 5. The zero-order valence-electron chi connectivity index (χ0n) is 8.61. The normalized spacial score (nSPS) is 10.6. The summed E-state index contributed by atoms with van der Waals surface area (Å²) in [4.78, 5) is 11.4. The molecule has 0 atom stereocenters. The number of thiophene rings is 1. The van der Waals surface area contributed by atoms with Crippen molar-refractivity contribution >= 4 is 39.3 Å². The molecule has 1 aromatic heterocycles. The van der Waals surface area contributed by atoms with Crippen LogP contribution in [0, 0.1) is 0 Å². The smallest absolute Gasteiger partial charge is 0.160 e. The van der Waals surface area contributed by atoms with E-state index in [1.807, 2.05) is 24.3 Å². The molecule has 0 saturated heterocycles. The molecule has 2 aromatic rings. The fourth-order valence-electron chi connectivity index (χ4n) is 1.46. The molecular weight excluding hydrogens is 244 g/mol. The van der Waals surface area contributed by atoms with Crippen LogP contribution in [0.4, 0.5) is 0 Å². The van der Waals surface area contributed by atoms with Crippen LogP contribution in [0.1, 0.15) is 16.1 Å². The van der Waals surface area contributed by atoms with Crippen molar-refractivity contribution in [3.8, 4) is 5.75 Å². The molecule has 16 heavy (non-hydrogen) atoms. The molecule has 2 rings (SSSR count). The molecule has 0 bridgehead atoms. The molecule has 0 aliphatic heterocycles. The quantitative estimate of drug-likeness (QED) is 0.462. The first-order valence-corrected chi connectivity index (χ1v) is 6.37. The summed E-state index contributed by atoms with van der Waals surface area (Å²) >= 11 is 7.04. The minimum Gasteiger partial charge on any atom is -0.492 e. The maximum Gasteiger partial charge on any atom is 0.160 e. The van der Waals surface area contributed by atoms with E-state index in [-0.39, 0.29) is 0 Å². The van der Waals surface area contributed by atoms with E-state index in [4.69, 9.17) is 16.3 Å². The van der Waals surface area contributed by atoms with Crippen molar-refractivity contribution in [3.05, 3.63) is 29.1 Å². The zero-order valence-corrected chi connectivity index (χ0v) is 10.2. The monoisotopic (exact) mass is 254 g/mol. The largest absolute Gasteiger partial charge is 0.492 e. The summed E-state index contributed by atoms with van der Waals surface area (Å²) in [6.45, 7) is 0.608. The van der Waals surface area contributed by atoms with Crippen LogP contribution in [0.3, 0.4) is 0 Å². The molecule has 0 aliphatic rings. The Morgan fingerprint density at radius 1 is 1.44 bits per heavy atom. The summed E-state index contributed by atoms with van der Waals surface area (Å²) in [6.07, 6.45) is 1.69. The molecule has 0 amide bonds. The third-order valence-electron chi connectivity index (χ3n) is 2.18. The van der Waals surface area contributed by atoms with E-state index in [9.17, 15) is 4.79 Å². The summed E-state index contributed by atoms with van der Waals surface area (Å²) in [7, 11) is 0. The number of fused-ring (bicyclic) bond motifs is 1. The third kappa shape index (κ3) is 2.36. The predicted molar refractivity (Wildman–Crippen MR) is 68.0 cm³/mol. The van der Waals surface area contributed by atoms with Crippen molar-refractivity contribution in [2.75, 3.05) is 12.5 Å². The molecule has 0 N–H and O–H groups in total. The van der Waals surface area contributed by atoms with Gasteiger partial charge in [0.05, 0.1) is 16.2 Å². The highest BCUT2D eigenvalue weighted by Gasteiger charge is 2.06. The number of ether oxygens (including phenoxy) is 1. The maximum absolute atomic E-state index is 10.7. The average molecular weight is 255 g/mol. The summed E-state index contributed by atoms with van der Waals surface area (Å²) < 4.78 is 6.65. The van der Waals surface area contributed by atoms with Crippen molar-refractivity contribution in [2.45, 2.75) is 6.42 Å². The molecule has 2 nitrogen and oxygen atoms in total. The van der Waals surface area contributed by atoms with Gasteiger partial charge in [0.25, 0.3) is 0 Å². The van der Waals surface area contributed by atoms with Crippen LogP contribution < -0.4 is 4.74 Å². The third-order valence-corrected chi connectivity index (χ3v) is 3.54. The lowest BCUT2D eigenvalue weighted by molar-refractivity contribution is 0.112. The standard InChI is InChI=1S/C12H11ClO2S/c13-5-2-6-15-11-4-1-3-9-7-10(8-14)16-12(9)11/h1,3-4,7-8H,2,5-6H2. The first-order chi connectivity index (χ1) is 7.85.